The van der Waals surface area contributed by atoms with Crippen LogP contribution in [0, 0.1) is 5.92 Å². The molecule has 1 fully saturated rings. The van der Waals surface area contributed by atoms with E-state index in [9.17, 15) is 0 Å². The average Bonchev–Trinajstić information content (AvgIpc) is 2.88. The lowest BCUT2D eigenvalue weighted by Crippen LogP contribution is -2.27. The second-order valence-corrected chi connectivity index (χ2v) is 5.22. The van der Waals surface area contributed by atoms with E-state index in [2.05, 4.69) is 22.3 Å². The van der Waals surface area contributed by atoms with Gasteiger partial charge in [0.15, 0.2) is 5.82 Å². The Morgan fingerprint density at radius 2 is 2.33 bits per heavy atom. The predicted molar refractivity (Wildman–Crippen MR) is 72.6 cm³/mol. The number of rotatable bonds is 3. The number of aromatic nitrogens is 3. The Hall–Kier alpha value is -1.58. The third-order valence-corrected chi connectivity index (χ3v) is 4.03. The Kier molecular flexibility index (Phi) is 3.17. The summed E-state index contributed by atoms with van der Waals surface area (Å²) >= 11 is 0. The Morgan fingerprint density at radius 3 is 3.22 bits per heavy atom. The second-order valence-electron chi connectivity index (χ2n) is 5.22. The Balaban J connectivity index is 1.77. The van der Waals surface area contributed by atoms with Gasteiger partial charge in [-0.3, -0.25) is 0 Å². The highest BCUT2D eigenvalue weighted by molar-refractivity contribution is 5.67. The zero-order valence-electron chi connectivity index (χ0n) is 10.8. The Morgan fingerprint density at radius 1 is 1.39 bits per heavy atom. The Bertz CT molecular complexity index is 519. The summed E-state index contributed by atoms with van der Waals surface area (Å²) in [5.41, 5.74) is 1.07. The van der Waals surface area contributed by atoms with Crippen molar-refractivity contribution in [2.75, 3.05) is 5.32 Å². The van der Waals surface area contributed by atoms with Crippen LogP contribution in [0.1, 0.15) is 39.0 Å². The average molecular weight is 244 g/mol. The van der Waals surface area contributed by atoms with Crippen molar-refractivity contribution in [3.63, 3.8) is 0 Å². The van der Waals surface area contributed by atoms with Gasteiger partial charge in [0.2, 0.25) is 0 Å². The highest BCUT2D eigenvalue weighted by atomic mass is 15.2. The van der Waals surface area contributed by atoms with Gasteiger partial charge in [0.25, 0.3) is 0 Å². The molecule has 4 heteroatoms. The summed E-state index contributed by atoms with van der Waals surface area (Å²) in [6.07, 6.45) is 12.1. The second kappa shape index (κ2) is 4.96. The van der Waals surface area contributed by atoms with E-state index in [1.807, 2.05) is 29.2 Å². The maximum atomic E-state index is 4.45. The van der Waals surface area contributed by atoms with Crippen molar-refractivity contribution in [3.8, 4) is 0 Å². The minimum atomic E-state index is 0.567. The number of nitrogens with one attached hydrogen (secondary N) is 1. The lowest BCUT2D eigenvalue weighted by atomic mass is 9.84. The molecule has 1 saturated carbocycles. The summed E-state index contributed by atoms with van der Waals surface area (Å²) in [4.78, 5) is 4.45. The van der Waals surface area contributed by atoms with E-state index < -0.39 is 0 Å². The minimum absolute atomic E-state index is 0.567. The molecule has 0 spiro atoms. The molecule has 96 valence electrons. The zero-order chi connectivity index (χ0) is 12.4. The molecule has 0 bridgehead atoms. The van der Waals surface area contributed by atoms with Gasteiger partial charge in [-0.05, 0) is 24.8 Å². The molecule has 2 heterocycles. The van der Waals surface area contributed by atoms with Crippen LogP contribution >= 0.6 is 0 Å². The molecular weight excluding hydrogens is 224 g/mol. The fourth-order valence-corrected chi connectivity index (χ4v) is 2.96. The van der Waals surface area contributed by atoms with Crippen molar-refractivity contribution in [2.24, 2.45) is 5.92 Å². The molecule has 2 aromatic heterocycles. The van der Waals surface area contributed by atoms with Crippen molar-refractivity contribution in [1.29, 1.82) is 0 Å². The van der Waals surface area contributed by atoms with Gasteiger partial charge in [-0.15, -0.1) is 0 Å². The van der Waals surface area contributed by atoms with Crippen molar-refractivity contribution >= 4 is 11.3 Å². The smallest absolute Gasteiger partial charge is 0.152 e. The standard InChI is InChI=1S/C14H20N4/c1-2-11-4-3-5-12(10-11)17-14-13-6-7-16-18(13)9-8-15-14/h6-9,11-12H,2-5,10H2,1H3,(H,15,17). The summed E-state index contributed by atoms with van der Waals surface area (Å²) in [6.45, 7) is 2.29. The van der Waals surface area contributed by atoms with Crippen LogP contribution in [0.3, 0.4) is 0 Å². The first-order valence-corrected chi connectivity index (χ1v) is 6.91. The molecule has 0 saturated heterocycles. The molecule has 1 aliphatic rings. The summed E-state index contributed by atoms with van der Waals surface area (Å²) in [5, 5.41) is 7.84. The van der Waals surface area contributed by atoms with E-state index in [-0.39, 0.29) is 0 Å². The van der Waals surface area contributed by atoms with E-state index >= 15 is 0 Å². The van der Waals surface area contributed by atoms with Crippen molar-refractivity contribution in [3.05, 3.63) is 24.7 Å². The predicted octanol–water partition coefficient (Wildman–Crippen LogP) is 3.11. The molecule has 18 heavy (non-hydrogen) atoms. The molecule has 0 aromatic carbocycles. The van der Waals surface area contributed by atoms with E-state index in [0.29, 0.717) is 6.04 Å². The van der Waals surface area contributed by atoms with Crippen LogP contribution in [-0.2, 0) is 0 Å². The van der Waals surface area contributed by atoms with Gasteiger partial charge >= 0.3 is 0 Å². The van der Waals surface area contributed by atoms with E-state index in [1.54, 1.807) is 0 Å². The van der Waals surface area contributed by atoms with Crippen molar-refractivity contribution in [2.45, 2.75) is 45.1 Å². The van der Waals surface area contributed by atoms with Gasteiger partial charge in [-0.25, -0.2) is 9.50 Å². The number of hydrogen-bond donors (Lipinski definition) is 1. The summed E-state index contributed by atoms with van der Waals surface area (Å²) in [7, 11) is 0. The molecule has 4 nitrogen and oxygen atoms in total. The van der Waals surface area contributed by atoms with Crippen LogP contribution < -0.4 is 5.32 Å². The largest absolute Gasteiger partial charge is 0.366 e. The maximum absolute atomic E-state index is 4.45. The molecule has 1 aliphatic carbocycles. The van der Waals surface area contributed by atoms with Gasteiger partial charge in [0.1, 0.15) is 5.52 Å². The highest BCUT2D eigenvalue weighted by Crippen LogP contribution is 2.28. The fourth-order valence-electron chi connectivity index (χ4n) is 2.96. The van der Waals surface area contributed by atoms with Gasteiger partial charge < -0.3 is 5.32 Å². The molecule has 2 unspecified atom stereocenters. The van der Waals surface area contributed by atoms with Crippen LogP contribution in [-0.4, -0.2) is 20.6 Å². The van der Waals surface area contributed by atoms with Gasteiger partial charge in [-0.2, -0.15) is 5.10 Å². The van der Waals surface area contributed by atoms with E-state index in [0.717, 1.165) is 17.3 Å². The highest BCUT2D eigenvalue weighted by Gasteiger charge is 2.21. The van der Waals surface area contributed by atoms with Gasteiger partial charge in [0, 0.05) is 18.4 Å². The normalized spacial score (nSPS) is 24.3. The minimum Gasteiger partial charge on any atom is -0.366 e. The van der Waals surface area contributed by atoms with E-state index in [1.165, 1.54) is 32.1 Å². The Labute approximate surface area is 107 Å². The molecule has 0 radical (unpaired) electrons. The zero-order valence-corrected chi connectivity index (χ0v) is 10.8. The first-order chi connectivity index (χ1) is 8.86. The molecule has 0 amide bonds. The molecule has 3 rings (SSSR count). The SMILES string of the molecule is CCC1CCCC(Nc2nccn3nccc23)C1. The molecule has 2 aromatic rings. The lowest BCUT2D eigenvalue weighted by molar-refractivity contribution is 0.327. The summed E-state index contributed by atoms with van der Waals surface area (Å²) in [6, 6.07) is 2.58. The molecular formula is C14H20N4. The quantitative estimate of drug-likeness (QED) is 0.902. The first-order valence-electron chi connectivity index (χ1n) is 6.91. The third kappa shape index (κ3) is 2.19. The monoisotopic (exact) mass is 244 g/mol. The van der Waals surface area contributed by atoms with Crippen LogP contribution in [0.25, 0.3) is 5.52 Å². The van der Waals surface area contributed by atoms with E-state index in [4.69, 9.17) is 0 Å². The topological polar surface area (TPSA) is 42.2 Å². The van der Waals surface area contributed by atoms with Crippen LogP contribution in [0.4, 0.5) is 5.82 Å². The first kappa shape index (κ1) is 11.5. The van der Waals surface area contributed by atoms with Crippen molar-refractivity contribution < 1.29 is 0 Å². The number of hydrogen-bond acceptors (Lipinski definition) is 3. The summed E-state index contributed by atoms with van der Waals surface area (Å²) < 4.78 is 1.87. The molecule has 2 atom stereocenters. The van der Waals surface area contributed by atoms with Crippen LogP contribution in [0.5, 0.6) is 0 Å². The van der Waals surface area contributed by atoms with Crippen LogP contribution in [0.15, 0.2) is 24.7 Å². The van der Waals surface area contributed by atoms with Gasteiger partial charge in [0.05, 0.1) is 6.20 Å². The maximum Gasteiger partial charge on any atom is 0.152 e. The molecule has 1 N–H and O–H groups in total. The van der Waals surface area contributed by atoms with Crippen LogP contribution in [0.2, 0.25) is 0 Å². The summed E-state index contributed by atoms with van der Waals surface area (Å²) in [5.74, 6) is 1.85. The number of anilines is 1. The number of fused-ring (bicyclic) bond motifs is 1. The van der Waals surface area contributed by atoms with Crippen molar-refractivity contribution in [1.82, 2.24) is 14.6 Å². The third-order valence-electron chi connectivity index (χ3n) is 4.03. The molecule has 0 aliphatic heterocycles. The lowest BCUT2D eigenvalue weighted by Gasteiger charge is -2.29. The fraction of sp³-hybridized carbons (Fsp3) is 0.571. The van der Waals surface area contributed by atoms with Gasteiger partial charge in [-0.1, -0.05) is 26.2 Å². The number of nitrogens with zero attached hydrogens (tertiary/aromatic N) is 3.